The van der Waals surface area contributed by atoms with Gasteiger partial charge < -0.3 is 10.1 Å². The Bertz CT molecular complexity index is 1030. The van der Waals surface area contributed by atoms with E-state index in [1.807, 2.05) is 42.5 Å². The number of fused-ring (bicyclic) bond motifs is 1. The van der Waals surface area contributed by atoms with Gasteiger partial charge in [0.05, 0.1) is 12.8 Å². The molecule has 0 fully saturated rings. The summed E-state index contributed by atoms with van der Waals surface area (Å²) in [4.78, 5) is 8.98. The van der Waals surface area contributed by atoms with Gasteiger partial charge in [-0.3, -0.25) is 0 Å². The monoisotopic (exact) mass is 341 g/mol. The zero-order valence-electron chi connectivity index (χ0n) is 14.5. The third-order valence-corrected chi connectivity index (χ3v) is 4.31. The molecule has 0 saturated heterocycles. The van der Waals surface area contributed by atoms with E-state index in [4.69, 9.17) is 4.74 Å². The number of hydrogen-bond donors (Lipinski definition) is 1. The van der Waals surface area contributed by atoms with Gasteiger partial charge in [-0.15, -0.1) is 0 Å². The smallest absolute Gasteiger partial charge is 0.223 e. The maximum absolute atomic E-state index is 5.18. The molecule has 0 aliphatic heterocycles. The highest BCUT2D eigenvalue weighted by Gasteiger charge is 2.04. The zero-order valence-corrected chi connectivity index (χ0v) is 14.5. The maximum Gasteiger partial charge on any atom is 0.223 e. The number of rotatable bonds is 5. The first-order chi connectivity index (χ1) is 12.8. The van der Waals surface area contributed by atoms with Crippen LogP contribution in [0.2, 0.25) is 0 Å². The minimum Gasteiger partial charge on any atom is -0.497 e. The van der Waals surface area contributed by atoms with Crippen molar-refractivity contribution in [3.63, 3.8) is 0 Å². The molecule has 3 aromatic carbocycles. The van der Waals surface area contributed by atoms with Crippen LogP contribution in [-0.4, -0.2) is 17.1 Å². The number of anilines is 1. The number of methoxy groups -OCH3 is 1. The van der Waals surface area contributed by atoms with Crippen LogP contribution in [0.3, 0.4) is 0 Å². The topological polar surface area (TPSA) is 47.0 Å². The Morgan fingerprint density at radius 1 is 0.885 bits per heavy atom. The molecule has 128 valence electrons. The lowest BCUT2D eigenvalue weighted by Gasteiger charge is -2.08. The minimum absolute atomic E-state index is 0.617. The molecule has 0 bridgehead atoms. The van der Waals surface area contributed by atoms with Crippen LogP contribution in [-0.2, 0) is 6.54 Å². The number of nitrogens with one attached hydrogen (secondary N) is 1. The van der Waals surface area contributed by atoms with Crippen LogP contribution in [0.4, 0.5) is 5.95 Å². The fourth-order valence-electron chi connectivity index (χ4n) is 2.88. The van der Waals surface area contributed by atoms with Crippen LogP contribution in [0.25, 0.3) is 22.0 Å². The van der Waals surface area contributed by atoms with E-state index >= 15 is 0 Å². The summed E-state index contributed by atoms with van der Waals surface area (Å²) < 4.78 is 5.18. The van der Waals surface area contributed by atoms with Gasteiger partial charge in [0, 0.05) is 18.3 Å². The first-order valence-corrected chi connectivity index (χ1v) is 8.51. The van der Waals surface area contributed by atoms with Gasteiger partial charge in [0.1, 0.15) is 5.75 Å². The molecule has 0 saturated carbocycles. The number of ether oxygens (including phenoxy) is 1. The molecule has 0 aliphatic rings. The van der Waals surface area contributed by atoms with Crippen LogP contribution < -0.4 is 10.1 Å². The van der Waals surface area contributed by atoms with Gasteiger partial charge in [0.15, 0.2) is 0 Å². The molecular formula is C22H19N3O. The molecule has 4 nitrogen and oxygen atoms in total. The lowest BCUT2D eigenvalue weighted by molar-refractivity contribution is 0.414. The van der Waals surface area contributed by atoms with Crippen molar-refractivity contribution in [2.75, 3.05) is 12.4 Å². The van der Waals surface area contributed by atoms with E-state index in [2.05, 4.69) is 45.6 Å². The van der Waals surface area contributed by atoms with Crippen LogP contribution in [0.1, 0.15) is 5.56 Å². The fourth-order valence-corrected chi connectivity index (χ4v) is 2.88. The molecule has 26 heavy (non-hydrogen) atoms. The Labute approximate surface area is 152 Å². The number of benzene rings is 3. The predicted molar refractivity (Wildman–Crippen MR) is 105 cm³/mol. The van der Waals surface area contributed by atoms with Crippen molar-refractivity contribution in [1.29, 1.82) is 0 Å². The molecule has 4 aromatic rings. The van der Waals surface area contributed by atoms with Crippen LogP contribution in [0, 0.1) is 0 Å². The van der Waals surface area contributed by atoms with Crippen LogP contribution in [0.15, 0.2) is 79.0 Å². The molecule has 0 radical (unpaired) electrons. The van der Waals surface area contributed by atoms with Crippen molar-refractivity contribution in [2.45, 2.75) is 6.54 Å². The number of nitrogens with zero attached hydrogens (tertiary/aromatic N) is 2. The molecule has 4 rings (SSSR count). The Morgan fingerprint density at radius 2 is 1.69 bits per heavy atom. The van der Waals surface area contributed by atoms with Gasteiger partial charge in [0.25, 0.3) is 0 Å². The molecule has 0 spiro atoms. The van der Waals surface area contributed by atoms with E-state index in [0.29, 0.717) is 12.5 Å². The van der Waals surface area contributed by atoms with Crippen LogP contribution in [0.5, 0.6) is 5.75 Å². The largest absolute Gasteiger partial charge is 0.497 e. The summed E-state index contributed by atoms with van der Waals surface area (Å²) in [6.07, 6.45) is 1.79. The second-order valence-corrected chi connectivity index (χ2v) is 6.03. The van der Waals surface area contributed by atoms with E-state index in [1.165, 1.54) is 10.8 Å². The third kappa shape index (κ3) is 3.49. The summed E-state index contributed by atoms with van der Waals surface area (Å²) in [5.74, 6) is 1.47. The van der Waals surface area contributed by atoms with Crippen molar-refractivity contribution >= 4 is 16.7 Å². The van der Waals surface area contributed by atoms with E-state index in [1.54, 1.807) is 13.3 Å². The average molecular weight is 341 g/mol. The lowest BCUT2D eigenvalue weighted by Crippen LogP contribution is -2.03. The third-order valence-electron chi connectivity index (χ3n) is 4.31. The standard InChI is InChI=1S/C22H19N3O/c1-26-20-10-6-16(7-11-20)15-24-22-23-13-12-21(25-22)19-9-8-17-4-2-3-5-18(17)14-19/h2-14H,15H2,1H3,(H,23,24,25). The maximum atomic E-state index is 5.18. The van der Waals surface area contributed by atoms with Gasteiger partial charge in [-0.25, -0.2) is 9.97 Å². The first-order valence-electron chi connectivity index (χ1n) is 8.51. The normalized spacial score (nSPS) is 10.7. The predicted octanol–water partition coefficient (Wildman–Crippen LogP) is 4.92. The van der Waals surface area contributed by atoms with Gasteiger partial charge in [-0.05, 0) is 40.6 Å². The van der Waals surface area contributed by atoms with E-state index in [0.717, 1.165) is 22.6 Å². The number of hydrogen-bond acceptors (Lipinski definition) is 4. The van der Waals surface area contributed by atoms with Crippen molar-refractivity contribution < 1.29 is 4.74 Å². The summed E-state index contributed by atoms with van der Waals surface area (Å²) in [5, 5.41) is 5.71. The Hall–Kier alpha value is -3.40. The highest BCUT2D eigenvalue weighted by atomic mass is 16.5. The molecule has 1 N–H and O–H groups in total. The van der Waals surface area contributed by atoms with E-state index < -0.39 is 0 Å². The van der Waals surface area contributed by atoms with Gasteiger partial charge in [0.2, 0.25) is 5.95 Å². The molecule has 1 aromatic heterocycles. The first kappa shape index (κ1) is 16.1. The Morgan fingerprint density at radius 3 is 2.50 bits per heavy atom. The van der Waals surface area contributed by atoms with Crippen molar-refractivity contribution in [3.8, 4) is 17.0 Å². The molecular weight excluding hydrogens is 322 g/mol. The second kappa shape index (κ2) is 7.23. The van der Waals surface area contributed by atoms with Gasteiger partial charge in [-0.1, -0.05) is 48.5 Å². The molecule has 0 unspecified atom stereocenters. The van der Waals surface area contributed by atoms with Gasteiger partial charge in [-0.2, -0.15) is 0 Å². The summed E-state index contributed by atoms with van der Waals surface area (Å²) in [5.41, 5.74) is 3.13. The second-order valence-electron chi connectivity index (χ2n) is 6.03. The summed E-state index contributed by atoms with van der Waals surface area (Å²) in [6.45, 7) is 0.658. The summed E-state index contributed by atoms with van der Waals surface area (Å²) in [6, 6.07) is 24.6. The van der Waals surface area contributed by atoms with Crippen molar-refractivity contribution in [1.82, 2.24) is 9.97 Å². The number of aromatic nitrogens is 2. The SMILES string of the molecule is COc1ccc(CNc2nccc(-c3ccc4ccccc4c3)n2)cc1. The van der Waals surface area contributed by atoms with Crippen LogP contribution >= 0.6 is 0 Å². The molecule has 4 heteroatoms. The zero-order chi connectivity index (χ0) is 17.8. The average Bonchev–Trinajstić information content (AvgIpc) is 2.72. The molecule has 0 aliphatic carbocycles. The quantitative estimate of drug-likeness (QED) is 0.560. The lowest BCUT2D eigenvalue weighted by atomic mass is 10.1. The van der Waals surface area contributed by atoms with E-state index in [-0.39, 0.29) is 0 Å². The molecule has 0 amide bonds. The van der Waals surface area contributed by atoms with Crippen molar-refractivity contribution in [2.24, 2.45) is 0 Å². The summed E-state index contributed by atoms with van der Waals surface area (Å²) in [7, 11) is 1.67. The molecule has 1 heterocycles. The van der Waals surface area contributed by atoms with E-state index in [9.17, 15) is 0 Å². The fraction of sp³-hybridized carbons (Fsp3) is 0.0909. The van der Waals surface area contributed by atoms with Crippen molar-refractivity contribution in [3.05, 3.63) is 84.6 Å². The summed E-state index contributed by atoms with van der Waals surface area (Å²) >= 11 is 0. The minimum atomic E-state index is 0.617. The Kier molecular flexibility index (Phi) is 4.48. The molecule has 0 atom stereocenters. The highest BCUT2D eigenvalue weighted by Crippen LogP contribution is 2.23. The Balaban J connectivity index is 1.53. The highest BCUT2D eigenvalue weighted by molar-refractivity contribution is 5.86. The van der Waals surface area contributed by atoms with Gasteiger partial charge >= 0.3 is 0 Å².